The SMILES string of the molecule is CN(Cc1ccccc1)C(=O)NCc1ccc(N2CCCC2)nc1. The highest BCUT2D eigenvalue weighted by molar-refractivity contribution is 5.73. The van der Waals surface area contributed by atoms with Crippen LogP contribution in [0, 0.1) is 0 Å². The molecule has 0 atom stereocenters. The first-order valence-corrected chi connectivity index (χ1v) is 8.45. The van der Waals surface area contributed by atoms with E-state index in [2.05, 4.69) is 15.2 Å². The van der Waals surface area contributed by atoms with Crippen molar-refractivity contribution in [3.05, 3.63) is 59.8 Å². The van der Waals surface area contributed by atoms with Crippen molar-refractivity contribution in [2.45, 2.75) is 25.9 Å². The first-order valence-electron chi connectivity index (χ1n) is 8.45. The molecule has 0 bridgehead atoms. The number of nitrogens with zero attached hydrogens (tertiary/aromatic N) is 3. The Balaban J connectivity index is 1.48. The highest BCUT2D eigenvalue weighted by Crippen LogP contribution is 2.17. The zero-order valence-corrected chi connectivity index (χ0v) is 14.1. The lowest BCUT2D eigenvalue weighted by atomic mass is 10.2. The third-order valence-electron chi connectivity index (χ3n) is 4.29. The summed E-state index contributed by atoms with van der Waals surface area (Å²) < 4.78 is 0. The van der Waals surface area contributed by atoms with Crippen LogP contribution in [0.15, 0.2) is 48.7 Å². The van der Waals surface area contributed by atoms with Gasteiger partial charge in [-0.3, -0.25) is 0 Å². The molecule has 3 rings (SSSR count). The topological polar surface area (TPSA) is 48.5 Å². The molecule has 1 fully saturated rings. The standard InChI is InChI=1S/C19H24N4O/c1-22(15-16-7-3-2-4-8-16)19(24)21-14-17-9-10-18(20-13-17)23-11-5-6-12-23/h2-4,7-10,13H,5-6,11-12,14-15H2,1H3,(H,21,24). The summed E-state index contributed by atoms with van der Waals surface area (Å²) in [5.74, 6) is 1.03. The van der Waals surface area contributed by atoms with Crippen molar-refractivity contribution in [2.75, 3.05) is 25.0 Å². The van der Waals surface area contributed by atoms with E-state index >= 15 is 0 Å². The van der Waals surface area contributed by atoms with Gasteiger partial charge in [-0.05, 0) is 30.0 Å². The number of anilines is 1. The monoisotopic (exact) mass is 324 g/mol. The van der Waals surface area contributed by atoms with Crippen LogP contribution in [0.1, 0.15) is 24.0 Å². The third kappa shape index (κ3) is 4.25. The Labute approximate surface area is 143 Å². The molecule has 1 aromatic heterocycles. The molecule has 5 heteroatoms. The number of nitrogens with one attached hydrogen (secondary N) is 1. The summed E-state index contributed by atoms with van der Waals surface area (Å²) in [5.41, 5.74) is 2.13. The molecule has 24 heavy (non-hydrogen) atoms. The molecule has 0 radical (unpaired) electrons. The number of benzene rings is 1. The summed E-state index contributed by atoms with van der Waals surface area (Å²) in [5, 5.41) is 2.94. The van der Waals surface area contributed by atoms with Gasteiger partial charge in [0.1, 0.15) is 5.82 Å². The predicted molar refractivity (Wildman–Crippen MR) is 95.8 cm³/mol. The van der Waals surface area contributed by atoms with Crippen LogP contribution in [0.5, 0.6) is 0 Å². The maximum atomic E-state index is 12.2. The van der Waals surface area contributed by atoms with Gasteiger partial charge >= 0.3 is 6.03 Å². The van der Waals surface area contributed by atoms with Gasteiger partial charge < -0.3 is 15.1 Å². The average Bonchev–Trinajstić information content (AvgIpc) is 3.15. The average molecular weight is 324 g/mol. The van der Waals surface area contributed by atoms with Crippen LogP contribution in [0.25, 0.3) is 0 Å². The molecule has 0 unspecified atom stereocenters. The van der Waals surface area contributed by atoms with E-state index in [0.29, 0.717) is 13.1 Å². The van der Waals surface area contributed by atoms with Crippen LogP contribution in [0.2, 0.25) is 0 Å². The lowest BCUT2D eigenvalue weighted by molar-refractivity contribution is 0.206. The second-order valence-electron chi connectivity index (χ2n) is 6.22. The van der Waals surface area contributed by atoms with E-state index in [-0.39, 0.29) is 6.03 Å². The summed E-state index contributed by atoms with van der Waals surface area (Å²) in [6, 6.07) is 14.0. The fraction of sp³-hybridized carbons (Fsp3) is 0.368. The third-order valence-corrected chi connectivity index (χ3v) is 4.29. The summed E-state index contributed by atoms with van der Waals surface area (Å²) in [6.45, 7) is 3.27. The van der Waals surface area contributed by atoms with Crippen LogP contribution >= 0.6 is 0 Å². The van der Waals surface area contributed by atoms with Crippen LogP contribution in [-0.2, 0) is 13.1 Å². The molecule has 0 aliphatic carbocycles. The number of urea groups is 1. The molecule has 0 spiro atoms. The largest absolute Gasteiger partial charge is 0.357 e. The predicted octanol–water partition coefficient (Wildman–Crippen LogP) is 3.02. The smallest absolute Gasteiger partial charge is 0.317 e. The molecule has 126 valence electrons. The zero-order valence-electron chi connectivity index (χ0n) is 14.1. The number of carbonyl (C=O) groups is 1. The Kier molecular flexibility index (Phi) is 5.31. The Morgan fingerprint density at radius 1 is 1.12 bits per heavy atom. The van der Waals surface area contributed by atoms with Gasteiger partial charge in [-0.15, -0.1) is 0 Å². The number of carbonyl (C=O) groups excluding carboxylic acids is 1. The minimum Gasteiger partial charge on any atom is -0.357 e. The quantitative estimate of drug-likeness (QED) is 0.920. The molecule has 2 aromatic rings. The molecule has 0 saturated carbocycles. The van der Waals surface area contributed by atoms with Crippen LogP contribution < -0.4 is 10.2 Å². The van der Waals surface area contributed by atoms with Crippen LogP contribution in [0.4, 0.5) is 10.6 Å². The van der Waals surface area contributed by atoms with Gasteiger partial charge in [-0.25, -0.2) is 9.78 Å². The first-order chi connectivity index (χ1) is 11.7. The Morgan fingerprint density at radius 2 is 1.88 bits per heavy atom. The summed E-state index contributed by atoms with van der Waals surface area (Å²) in [7, 11) is 1.80. The van der Waals surface area contributed by atoms with Gasteiger partial charge in [0.15, 0.2) is 0 Å². The Bertz CT molecular complexity index is 651. The minimum absolute atomic E-state index is 0.0810. The van der Waals surface area contributed by atoms with Crippen molar-refractivity contribution in [1.29, 1.82) is 0 Å². The van der Waals surface area contributed by atoms with Gasteiger partial charge in [0, 0.05) is 39.4 Å². The minimum atomic E-state index is -0.0810. The van der Waals surface area contributed by atoms with Gasteiger partial charge in [0.05, 0.1) is 0 Å². The molecule has 1 aliphatic heterocycles. The molecule has 1 aromatic carbocycles. The van der Waals surface area contributed by atoms with E-state index in [1.54, 1.807) is 11.9 Å². The summed E-state index contributed by atoms with van der Waals surface area (Å²) in [6.07, 6.45) is 4.34. The van der Waals surface area contributed by atoms with Crippen molar-refractivity contribution in [2.24, 2.45) is 0 Å². The Hall–Kier alpha value is -2.56. The number of hydrogen-bond donors (Lipinski definition) is 1. The van der Waals surface area contributed by atoms with Gasteiger partial charge in [0.25, 0.3) is 0 Å². The molecule has 1 N–H and O–H groups in total. The van der Waals surface area contributed by atoms with Gasteiger partial charge in [-0.1, -0.05) is 36.4 Å². The highest BCUT2D eigenvalue weighted by atomic mass is 16.2. The molecule has 5 nitrogen and oxygen atoms in total. The molecule has 1 aliphatic rings. The molecule has 1 saturated heterocycles. The molecular weight excluding hydrogens is 300 g/mol. The molecular formula is C19H24N4O. The summed E-state index contributed by atoms with van der Waals surface area (Å²) >= 11 is 0. The maximum Gasteiger partial charge on any atom is 0.317 e. The number of amides is 2. The van der Waals surface area contributed by atoms with E-state index in [9.17, 15) is 4.79 Å². The Morgan fingerprint density at radius 3 is 2.54 bits per heavy atom. The molecule has 2 heterocycles. The lowest BCUT2D eigenvalue weighted by Crippen LogP contribution is -2.36. The van der Waals surface area contributed by atoms with E-state index in [1.165, 1.54) is 12.8 Å². The number of pyridine rings is 1. The van der Waals surface area contributed by atoms with Crippen LogP contribution in [0.3, 0.4) is 0 Å². The van der Waals surface area contributed by atoms with E-state index in [4.69, 9.17) is 0 Å². The second kappa shape index (κ2) is 7.81. The van der Waals surface area contributed by atoms with Crippen molar-refractivity contribution < 1.29 is 4.79 Å². The lowest BCUT2D eigenvalue weighted by Gasteiger charge is -2.19. The maximum absolute atomic E-state index is 12.2. The fourth-order valence-electron chi connectivity index (χ4n) is 2.90. The van der Waals surface area contributed by atoms with Crippen molar-refractivity contribution >= 4 is 11.8 Å². The summed E-state index contributed by atoms with van der Waals surface area (Å²) in [4.78, 5) is 20.7. The first kappa shape index (κ1) is 16.3. The highest BCUT2D eigenvalue weighted by Gasteiger charge is 2.13. The van der Waals surface area contributed by atoms with Gasteiger partial charge in [0.2, 0.25) is 0 Å². The van der Waals surface area contributed by atoms with Gasteiger partial charge in [-0.2, -0.15) is 0 Å². The number of aromatic nitrogens is 1. The van der Waals surface area contributed by atoms with Crippen molar-refractivity contribution in [3.8, 4) is 0 Å². The van der Waals surface area contributed by atoms with E-state index in [0.717, 1.165) is 30.0 Å². The normalized spacial score (nSPS) is 13.8. The van der Waals surface area contributed by atoms with Crippen LogP contribution in [-0.4, -0.2) is 36.1 Å². The molecule has 2 amide bonds. The number of hydrogen-bond acceptors (Lipinski definition) is 3. The van der Waals surface area contributed by atoms with Crippen molar-refractivity contribution in [1.82, 2.24) is 15.2 Å². The fourth-order valence-corrected chi connectivity index (χ4v) is 2.90. The second-order valence-corrected chi connectivity index (χ2v) is 6.22. The van der Waals surface area contributed by atoms with E-state index in [1.807, 2.05) is 48.7 Å². The van der Waals surface area contributed by atoms with Crippen molar-refractivity contribution in [3.63, 3.8) is 0 Å². The number of rotatable bonds is 5. The zero-order chi connectivity index (χ0) is 16.8. The van der Waals surface area contributed by atoms with E-state index < -0.39 is 0 Å².